The first-order valence-electron chi connectivity index (χ1n) is 8.02. The summed E-state index contributed by atoms with van der Waals surface area (Å²) in [6.07, 6.45) is -11.1. The van der Waals surface area contributed by atoms with Crippen LogP contribution in [0.3, 0.4) is 0 Å². The summed E-state index contributed by atoms with van der Waals surface area (Å²) in [6.45, 7) is -1.19. The molecule has 6 N–H and O–H groups in total. The van der Waals surface area contributed by atoms with Gasteiger partial charge in [-0.1, -0.05) is 0 Å². The zero-order chi connectivity index (χ0) is 19.6. The second-order valence-corrected chi connectivity index (χ2v) is 7.89. The molecule has 2 heterocycles. The summed E-state index contributed by atoms with van der Waals surface area (Å²) in [5.74, 6) is 0. The Morgan fingerprint density at radius 3 is 1.38 bits per heavy atom. The zero-order valence-electron chi connectivity index (χ0n) is 14.3. The van der Waals surface area contributed by atoms with Crippen LogP contribution in [0, 0.1) is 0 Å². The van der Waals surface area contributed by atoms with Crippen LogP contribution in [0.4, 0.5) is 0 Å². The van der Waals surface area contributed by atoms with E-state index in [-0.39, 0.29) is 0 Å². The van der Waals surface area contributed by atoms with E-state index in [1.165, 1.54) is 14.2 Å². The summed E-state index contributed by atoms with van der Waals surface area (Å²) in [5.41, 5.74) is 0. The van der Waals surface area contributed by atoms with Crippen molar-refractivity contribution < 1.29 is 53.8 Å². The van der Waals surface area contributed by atoms with Gasteiger partial charge in [-0.25, -0.2) is 0 Å². The molecule has 0 radical (unpaired) electrons. The molecule has 0 aliphatic carbocycles. The Bertz CT molecular complexity index is 436. The predicted octanol–water partition coefficient (Wildman–Crippen LogP) is -4.36. The van der Waals surface area contributed by atoms with E-state index in [4.69, 9.17) is 18.9 Å². The van der Waals surface area contributed by atoms with Crippen molar-refractivity contribution >= 4 is 10.8 Å². The van der Waals surface area contributed by atoms with Crippen LogP contribution in [0.25, 0.3) is 0 Å². The minimum Gasteiger partial charge on any atom is -0.394 e. The van der Waals surface area contributed by atoms with E-state index in [1.54, 1.807) is 0 Å². The molecule has 2 fully saturated rings. The Balaban J connectivity index is 2.29. The van der Waals surface area contributed by atoms with Crippen molar-refractivity contribution in [1.29, 1.82) is 0 Å². The van der Waals surface area contributed by atoms with Gasteiger partial charge in [0.25, 0.3) is 0 Å². The van der Waals surface area contributed by atoms with E-state index in [2.05, 4.69) is 0 Å². The van der Waals surface area contributed by atoms with Gasteiger partial charge in [0.05, 0.1) is 13.2 Å². The molecule has 0 spiro atoms. The highest BCUT2D eigenvalue weighted by atomic mass is 32.2. The zero-order valence-corrected chi connectivity index (χ0v) is 15.1. The molecule has 12 heteroatoms. The molecule has 10 atom stereocenters. The lowest BCUT2D eigenvalue weighted by Gasteiger charge is -2.46. The van der Waals surface area contributed by atoms with Gasteiger partial charge in [0.2, 0.25) is 0 Å². The van der Waals surface area contributed by atoms with E-state index in [0.29, 0.717) is 0 Å². The minimum absolute atomic E-state index is 0.593. The number of ether oxygens (including phenoxy) is 4. The molecule has 0 aromatic heterocycles. The maximum Gasteiger partial charge on any atom is 0.174 e. The van der Waals surface area contributed by atoms with E-state index in [1.807, 2.05) is 0 Å². The van der Waals surface area contributed by atoms with Crippen molar-refractivity contribution in [3.8, 4) is 0 Å². The maximum atomic E-state index is 13.1. The van der Waals surface area contributed by atoms with Crippen molar-refractivity contribution in [2.45, 2.75) is 59.7 Å². The van der Waals surface area contributed by atoms with Crippen LogP contribution >= 0.6 is 0 Å². The van der Waals surface area contributed by atoms with E-state index in [9.17, 15) is 34.8 Å². The molecule has 2 aliphatic rings. The predicted molar refractivity (Wildman–Crippen MR) is 85.3 cm³/mol. The molecule has 0 saturated carbocycles. The summed E-state index contributed by atoms with van der Waals surface area (Å²) in [7, 11) is 0.285. The molecule has 2 saturated heterocycles. The molecule has 0 unspecified atom stereocenters. The van der Waals surface area contributed by atoms with Crippen LogP contribution in [0.1, 0.15) is 0 Å². The largest absolute Gasteiger partial charge is 0.394 e. The highest BCUT2D eigenvalue weighted by Crippen LogP contribution is 2.32. The van der Waals surface area contributed by atoms with E-state index in [0.717, 1.165) is 0 Å². The smallest absolute Gasteiger partial charge is 0.174 e. The van der Waals surface area contributed by atoms with Crippen molar-refractivity contribution in [1.82, 2.24) is 0 Å². The van der Waals surface area contributed by atoms with Crippen LogP contribution < -0.4 is 0 Å². The number of aliphatic hydroxyl groups is 6. The fraction of sp³-hybridized carbons (Fsp3) is 1.00. The SMILES string of the molecule is CO[C@@H]1O[C@H](CO)[C@@H](O)[C@H](O)[C@@H]1S(=O)[C@@H]1[C@H](OC)O[C@H](CO)[C@@H](O)[C@@H]1O. The van der Waals surface area contributed by atoms with Gasteiger partial charge in [-0.2, -0.15) is 0 Å². The average Bonchev–Trinajstić information content (AvgIpc) is 2.64. The third-order valence-corrected chi connectivity index (χ3v) is 6.73. The summed E-state index contributed by atoms with van der Waals surface area (Å²) in [5, 5.41) is 56.6. The molecule has 0 bridgehead atoms. The minimum atomic E-state index is -2.17. The van der Waals surface area contributed by atoms with Gasteiger partial charge >= 0.3 is 0 Å². The summed E-state index contributed by atoms with van der Waals surface area (Å²) < 4.78 is 33.9. The topological polar surface area (TPSA) is 175 Å². The van der Waals surface area contributed by atoms with E-state index < -0.39 is 83.7 Å². The highest BCUT2D eigenvalue weighted by molar-refractivity contribution is 7.86. The van der Waals surface area contributed by atoms with Gasteiger partial charge in [0.15, 0.2) is 12.6 Å². The van der Waals surface area contributed by atoms with Gasteiger partial charge < -0.3 is 49.6 Å². The number of hydrogen-bond acceptors (Lipinski definition) is 11. The maximum absolute atomic E-state index is 13.1. The van der Waals surface area contributed by atoms with Crippen LogP contribution in [0.15, 0.2) is 0 Å². The van der Waals surface area contributed by atoms with Crippen molar-refractivity contribution in [3.63, 3.8) is 0 Å². The second-order valence-electron chi connectivity index (χ2n) is 6.14. The van der Waals surface area contributed by atoms with Crippen molar-refractivity contribution in [2.75, 3.05) is 27.4 Å². The number of aliphatic hydroxyl groups excluding tert-OH is 6. The fourth-order valence-electron chi connectivity index (χ4n) is 3.17. The fourth-order valence-corrected chi connectivity index (χ4v) is 5.19. The molecular weight excluding hydrogens is 376 g/mol. The van der Waals surface area contributed by atoms with Crippen molar-refractivity contribution in [3.05, 3.63) is 0 Å². The van der Waals surface area contributed by atoms with Gasteiger partial charge in [-0.15, -0.1) is 0 Å². The van der Waals surface area contributed by atoms with Crippen LogP contribution in [0.2, 0.25) is 0 Å². The lowest BCUT2D eigenvalue weighted by Crippen LogP contribution is -2.66. The Morgan fingerprint density at radius 1 is 0.769 bits per heavy atom. The number of methoxy groups -OCH3 is 2. The second kappa shape index (κ2) is 9.30. The Labute approximate surface area is 152 Å². The molecule has 26 heavy (non-hydrogen) atoms. The standard InChI is InChI=1S/C14H26O11S/c1-22-13-11(9(19)7(17)5(3-15)24-13)26(21)12-10(20)8(18)6(4-16)25-14(12)23-2/h5-20H,3-4H2,1-2H3/t5-,6-,7-,8-,9+,10+,11+,12+,13-,14-/m1/s1. The normalized spacial score (nSPS) is 47.3. The molecule has 0 aromatic carbocycles. The monoisotopic (exact) mass is 402 g/mol. The van der Waals surface area contributed by atoms with Crippen LogP contribution in [-0.4, -0.2) is 122 Å². The molecule has 154 valence electrons. The molecular formula is C14H26O11S. The third-order valence-electron chi connectivity index (χ3n) is 4.65. The van der Waals surface area contributed by atoms with Gasteiger partial charge in [0.1, 0.15) is 47.1 Å². The molecule has 2 rings (SSSR count). The third kappa shape index (κ3) is 3.95. The summed E-state index contributed by atoms with van der Waals surface area (Å²) >= 11 is 0. The van der Waals surface area contributed by atoms with Gasteiger partial charge in [-0.05, 0) is 0 Å². The Morgan fingerprint density at radius 2 is 1.12 bits per heavy atom. The van der Waals surface area contributed by atoms with Gasteiger partial charge in [0, 0.05) is 25.0 Å². The Hall–Kier alpha value is -0.250. The highest BCUT2D eigenvalue weighted by Gasteiger charge is 2.54. The summed E-state index contributed by atoms with van der Waals surface area (Å²) in [6, 6.07) is 0. The molecule has 2 aliphatic heterocycles. The Kier molecular flexibility index (Phi) is 7.88. The van der Waals surface area contributed by atoms with Gasteiger partial charge in [-0.3, -0.25) is 4.21 Å². The first-order chi connectivity index (χ1) is 12.3. The first kappa shape index (κ1) is 22.0. The average molecular weight is 402 g/mol. The van der Waals surface area contributed by atoms with E-state index >= 15 is 0 Å². The molecule has 0 aromatic rings. The molecule has 11 nitrogen and oxygen atoms in total. The molecule has 0 amide bonds. The van der Waals surface area contributed by atoms with Crippen molar-refractivity contribution in [2.24, 2.45) is 0 Å². The van der Waals surface area contributed by atoms with Crippen LogP contribution in [-0.2, 0) is 29.7 Å². The number of rotatable bonds is 6. The first-order valence-corrected chi connectivity index (χ1v) is 9.29. The number of hydrogen-bond donors (Lipinski definition) is 6. The van der Waals surface area contributed by atoms with Crippen LogP contribution in [0.5, 0.6) is 0 Å². The summed E-state index contributed by atoms with van der Waals surface area (Å²) in [4.78, 5) is 0. The lowest BCUT2D eigenvalue weighted by atomic mass is 10.0. The quantitative estimate of drug-likeness (QED) is 0.253. The lowest BCUT2D eigenvalue weighted by molar-refractivity contribution is -0.251.